The van der Waals surface area contributed by atoms with Crippen molar-refractivity contribution in [1.82, 2.24) is 0 Å². The van der Waals surface area contributed by atoms with Crippen LogP contribution in [0.25, 0.3) is 11.1 Å². The summed E-state index contributed by atoms with van der Waals surface area (Å²) in [4.78, 5) is 12.1. The standard InChI is InChI=1S/C23H27NO/c24-22(25)20-11-7-10-19(21(20)17-8-3-1-4-9-17)18-12-15-23(16-18)13-5-2-6-14-23/h1,3-4,7-11,18H,2,5-6,12-16H2,(H2,24,25). The first-order chi connectivity index (χ1) is 12.2. The van der Waals surface area contributed by atoms with Gasteiger partial charge in [0.15, 0.2) is 0 Å². The minimum atomic E-state index is -0.328. The van der Waals surface area contributed by atoms with E-state index in [1.54, 1.807) is 0 Å². The van der Waals surface area contributed by atoms with Crippen LogP contribution in [-0.2, 0) is 0 Å². The lowest BCUT2D eigenvalue weighted by Gasteiger charge is -2.33. The van der Waals surface area contributed by atoms with Crippen molar-refractivity contribution in [2.45, 2.75) is 57.3 Å². The van der Waals surface area contributed by atoms with E-state index in [9.17, 15) is 4.79 Å². The summed E-state index contributed by atoms with van der Waals surface area (Å²) >= 11 is 0. The van der Waals surface area contributed by atoms with Crippen LogP contribution in [0.1, 0.15) is 73.2 Å². The minimum Gasteiger partial charge on any atom is -0.366 e. The van der Waals surface area contributed by atoms with Crippen molar-refractivity contribution in [3.8, 4) is 11.1 Å². The van der Waals surface area contributed by atoms with E-state index in [0.29, 0.717) is 16.9 Å². The SMILES string of the molecule is NC(=O)c1cccc(C2CCC3(CCCCC3)C2)c1-c1ccccc1. The third kappa shape index (κ3) is 3.10. The summed E-state index contributed by atoms with van der Waals surface area (Å²) in [5.74, 6) is 0.221. The van der Waals surface area contributed by atoms with Crippen molar-refractivity contribution in [3.05, 3.63) is 59.7 Å². The Labute approximate surface area is 150 Å². The number of hydrogen-bond donors (Lipinski definition) is 1. The lowest BCUT2D eigenvalue weighted by molar-refractivity contribution is 0.100. The van der Waals surface area contributed by atoms with Crippen LogP contribution in [0.4, 0.5) is 0 Å². The van der Waals surface area contributed by atoms with Gasteiger partial charge in [-0.05, 0) is 66.2 Å². The quantitative estimate of drug-likeness (QED) is 0.772. The number of benzene rings is 2. The second-order valence-corrected chi connectivity index (χ2v) is 8.00. The molecule has 1 amide bonds. The number of primary amides is 1. The van der Waals surface area contributed by atoms with Crippen LogP contribution in [0.3, 0.4) is 0 Å². The number of carbonyl (C=O) groups is 1. The molecule has 2 aliphatic rings. The number of carbonyl (C=O) groups excluding carboxylic acids is 1. The second kappa shape index (κ2) is 6.67. The maximum absolute atomic E-state index is 12.1. The topological polar surface area (TPSA) is 43.1 Å². The molecule has 0 aromatic heterocycles. The molecule has 0 aliphatic heterocycles. The molecule has 1 spiro atoms. The Morgan fingerprint density at radius 1 is 0.920 bits per heavy atom. The van der Waals surface area contributed by atoms with Crippen molar-refractivity contribution in [1.29, 1.82) is 0 Å². The van der Waals surface area contributed by atoms with Crippen LogP contribution in [0, 0.1) is 5.41 Å². The molecule has 2 aromatic rings. The summed E-state index contributed by atoms with van der Waals surface area (Å²) in [6.07, 6.45) is 10.8. The van der Waals surface area contributed by atoms with Crippen molar-refractivity contribution in [2.75, 3.05) is 0 Å². The summed E-state index contributed by atoms with van der Waals surface area (Å²) in [7, 11) is 0. The summed E-state index contributed by atoms with van der Waals surface area (Å²) in [6.45, 7) is 0. The number of hydrogen-bond acceptors (Lipinski definition) is 1. The van der Waals surface area contributed by atoms with Crippen molar-refractivity contribution in [2.24, 2.45) is 11.1 Å². The van der Waals surface area contributed by atoms with Gasteiger partial charge in [0.1, 0.15) is 0 Å². The van der Waals surface area contributed by atoms with Crippen LogP contribution >= 0.6 is 0 Å². The van der Waals surface area contributed by atoms with Crippen molar-refractivity contribution < 1.29 is 4.79 Å². The van der Waals surface area contributed by atoms with Gasteiger partial charge >= 0.3 is 0 Å². The fourth-order valence-electron chi connectivity index (χ4n) is 5.27. The molecular weight excluding hydrogens is 306 g/mol. The summed E-state index contributed by atoms with van der Waals surface area (Å²) in [6, 6.07) is 16.4. The van der Waals surface area contributed by atoms with Crippen molar-refractivity contribution >= 4 is 5.91 Å². The van der Waals surface area contributed by atoms with Gasteiger partial charge in [-0.15, -0.1) is 0 Å². The summed E-state index contributed by atoms with van der Waals surface area (Å²) in [5.41, 5.74) is 10.4. The second-order valence-electron chi connectivity index (χ2n) is 8.00. The van der Waals surface area contributed by atoms with E-state index in [0.717, 1.165) is 11.1 Å². The van der Waals surface area contributed by atoms with Crippen LogP contribution in [0.15, 0.2) is 48.5 Å². The molecule has 2 N–H and O–H groups in total. The molecule has 4 rings (SSSR count). The molecular formula is C23H27NO. The highest BCUT2D eigenvalue weighted by molar-refractivity contribution is 6.00. The average Bonchev–Trinajstić information content (AvgIpc) is 3.05. The Kier molecular flexibility index (Phi) is 4.37. The van der Waals surface area contributed by atoms with E-state index in [1.165, 1.54) is 56.9 Å². The van der Waals surface area contributed by atoms with E-state index < -0.39 is 0 Å². The average molecular weight is 333 g/mol. The fraction of sp³-hybridized carbons (Fsp3) is 0.435. The normalized spacial score (nSPS) is 22.2. The molecule has 2 nitrogen and oxygen atoms in total. The molecule has 130 valence electrons. The molecule has 2 aliphatic carbocycles. The Balaban J connectivity index is 1.75. The maximum atomic E-state index is 12.1. The maximum Gasteiger partial charge on any atom is 0.249 e. The predicted octanol–water partition coefficient (Wildman–Crippen LogP) is 5.67. The smallest absolute Gasteiger partial charge is 0.249 e. The minimum absolute atomic E-state index is 0.328. The van der Waals surface area contributed by atoms with Crippen LogP contribution in [-0.4, -0.2) is 5.91 Å². The first kappa shape index (κ1) is 16.4. The van der Waals surface area contributed by atoms with E-state index in [2.05, 4.69) is 18.2 Å². The number of amides is 1. The molecule has 2 saturated carbocycles. The highest BCUT2D eigenvalue weighted by atomic mass is 16.1. The molecule has 25 heavy (non-hydrogen) atoms. The molecule has 1 unspecified atom stereocenters. The van der Waals surface area contributed by atoms with Crippen LogP contribution in [0.5, 0.6) is 0 Å². The van der Waals surface area contributed by atoms with Gasteiger partial charge in [0, 0.05) is 5.56 Å². The van der Waals surface area contributed by atoms with Crippen molar-refractivity contribution in [3.63, 3.8) is 0 Å². The van der Waals surface area contributed by atoms with Gasteiger partial charge in [-0.3, -0.25) is 4.79 Å². The van der Waals surface area contributed by atoms with Crippen LogP contribution in [0.2, 0.25) is 0 Å². The Bertz CT molecular complexity index is 759. The van der Waals surface area contributed by atoms with E-state index >= 15 is 0 Å². The van der Waals surface area contributed by atoms with Gasteiger partial charge in [0.05, 0.1) is 0 Å². The van der Waals surface area contributed by atoms with Gasteiger partial charge in [0.25, 0.3) is 0 Å². The lowest BCUT2D eigenvalue weighted by Crippen LogP contribution is -2.20. The Hall–Kier alpha value is -2.09. The molecule has 2 fully saturated rings. The van der Waals surface area contributed by atoms with Gasteiger partial charge < -0.3 is 5.73 Å². The summed E-state index contributed by atoms with van der Waals surface area (Å²) in [5, 5.41) is 0. The number of rotatable bonds is 3. The predicted molar refractivity (Wildman–Crippen MR) is 103 cm³/mol. The Morgan fingerprint density at radius 3 is 2.40 bits per heavy atom. The first-order valence-corrected chi connectivity index (χ1v) is 9.67. The lowest BCUT2D eigenvalue weighted by atomic mass is 9.72. The molecule has 1 atom stereocenters. The molecule has 2 heteroatoms. The third-order valence-corrected chi connectivity index (χ3v) is 6.48. The molecule has 0 bridgehead atoms. The molecule has 0 radical (unpaired) electrons. The molecule has 0 saturated heterocycles. The van der Waals surface area contributed by atoms with E-state index in [4.69, 9.17) is 5.73 Å². The van der Waals surface area contributed by atoms with Crippen LogP contribution < -0.4 is 5.73 Å². The first-order valence-electron chi connectivity index (χ1n) is 9.67. The molecule has 0 heterocycles. The highest BCUT2D eigenvalue weighted by Crippen LogP contribution is 2.55. The number of nitrogens with two attached hydrogens (primary N) is 1. The largest absolute Gasteiger partial charge is 0.366 e. The monoisotopic (exact) mass is 333 g/mol. The van der Waals surface area contributed by atoms with E-state index in [1.807, 2.05) is 30.3 Å². The third-order valence-electron chi connectivity index (χ3n) is 6.48. The van der Waals surface area contributed by atoms with Gasteiger partial charge in [-0.1, -0.05) is 61.7 Å². The fourth-order valence-corrected chi connectivity index (χ4v) is 5.27. The van der Waals surface area contributed by atoms with Gasteiger partial charge in [-0.25, -0.2) is 0 Å². The van der Waals surface area contributed by atoms with E-state index in [-0.39, 0.29) is 5.91 Å². The zero-order valence-corrected chi connectivity index (χ0v) is 14.8. The Morgan fingerprint density at radius 2 is 1.68 bits per heavy atom. The highest BCUT2D eigenvalue weighted by Gasteiger charge is 2.40. The van der Waals surface area contributed by atoms with Gasteiger partial charge in [-0.2, -0.15) is 0 Å². The zero-order valence-electron chi connectivity index (χ0n) is 14.8. The molecule has 2 aromatic carbocycles. The zero-order chi connectivity index (χ0) is 17.3. The van der Waals surface area contributed by atoms with Gasteiger partial charge in [0.2, 0.25) is 5.91 Å². The summed E-state index contributed by atoms with van der Waals surface area (Å²) < 4.78 is 0.